The van der Waals surface area contributed by atoms with Crippen LogP contribution in [0.3, 0.4) is 0 Å². The number of benzene rings is 1. The minimum absolute atomic E-state index is 0.0331. The molecule has 0 spiro atoms. The van der Waals surface area contributed by atoms with E-state index in [1.54, 1.807) is 22.9 Å². The van der Waals surface area contributed by atoms with Crippen LogP contribution in [-0.4, -0.2) is 60.0 Å². The van der Waals surface area contributed by atoms with E-state index >= 15 is 0 Å². The van der Waals surface area contributed by atoms with Crippen molar-refractivity contribution in [3.63, 3.8) is 0 Å². The number of amides is 3. The molecule has 1 aliphatic rings. The molecule has 1 aliphatic heterocycles. The van der Waals surface area contributed by atoms with Crippen LogP contribution in [0.15, 0.2) is 36.7 Å². The maximum absolute atomic E-state index is 12.5. The zero-order chi connectivity index (χ0) is 21.3. The second kappa shape index (κ2) is 11.0. The van der Waals surface area contributed by atoms with Crippen molar-refractivity contribution in [3.8, 4) is 5.69 Å². The number of carbonyl (C=O) groups is 2. The molecule has 2 heterocycles. The fourth-order valence-corrected chi connectivity index (χ4v) is 3.52. The molecule has 0 atom stereocenters. The first-order valence-electron chi connectivity index (χ1n) is 10.2. The summed E-state index contributed by atoms with van der Waals surface area (Å²) < 4.78 is 6.72. The van der Waals surface area contributed by atoms with Gasteiger partial charge in [0, 0.05) is 62.6 Å². The number of urea groups is 1. The normalized spacial score (nSPS) is 14.5. The van der Waals surface area contributed by atoms with Crippen molar-refractivity contribution in [3.05, 3.63) is 47.2 Å². The van der Waals surface area contributed by atoms with Gasteiger partial charge in [-0.1, -0.05) is 11.6 Å². The van der Waals surface area contributed by atoms with Crippen LogP contribution in [0.25, 0.3) is 5.69 Å². The molecule has 30 heavy (non-hydrogen) atoms. The van der Waals surface area contributed by atoms with Crippen LogP contribution >= 0.6 is 11.6 Å². The Hall–Kier alpha value is -2.58. The molecule has 3 amide bonds. The van der Waals surface area contributed by atoms with Gasteiger partial charge in [0.15, 0.2) is 0 Å². The van der Waals surface area contributed by atoms with E-state index in [9.17, 15) is 9.59 Å². The van der Waals surface area contributed by atoms with E-state index in [1.165, 1.54) is 0 Å². The highest BCUT2D eigenvalue weighted by Crippen LogP contribution is 2.18. The molecule has 8 nitrogen and oxygen atoms in total. The van der Waals surface area contributed by atoms with Gasteiger partial charge in [-0.05, 0) is 43.5 Å². The predicted molar refractivity (Wildman–Crippen MR) is 115 cm³/mol. The number of piperidine rings is 1. The number of methoxy groups -OCH3 is 1. The molecule has 9 heteroatoms. The number of aromatic nitrogens is 2. The van der Waals surface area contributed by atoms with Crippen LogP contribution in [0.4, 0.5) is 4.79 Å². The van der Waals surface area contributed by atoms with Gasteiger partial charge in [0.05, 0.1) is 11.9 Å². The van der Waals surface area contributed by atoms with Gasteiger partial charge in [-0.3, -0.25) is 4.79 Å². The first-order chi connectivity index (χ1) is 14.6. The SMILES string of the molecule is COCCCNC(=O)C1CCN(C(=O)NCc2cnn(-c3ccc(Cl)cc3)c2)CC1. The molecule has 1 saturated heterocycles. The highest BCUT2D eigenvalue weighted by Gasteiger charge is 2.27. The van der Waals surface area contributed by atoms with Gasteiger partial charge >= 0.3 is 6.03 Å². The quantitative estimate of drug-likeness (QED) is 0.626. The molecule has 3 rings (SSSR count). The molecule has 0 radical (unpaired) electrons. The van der Waals surface area contributed by atoms with E-state index in [4.69, 9.17) is 16.3 Å². The molecule has 0 unspecified atom stereocenters. The molecule has 1 aromatic carbocycles. The molecule has 1 fully saturated rings. The summed E-state index contributed by atoms with van der Waals surface area (Å²) in [6, 6.07) is 7.27. The second-order valence-corrected chi connectivity index (χ2v) is 7.76. The van der Waals surface area contributed by atoms with E-state index in [0.29, 0.717) is 50.7 Å². The van der Waals surface area contributed by atoms with Gasteiger partial charge in [0.1, 0.15) is 0 Å². The first-order valence-corrected chi connectivity index (χ1v) is 10.5. The second-order valence-electron chi connectivity index (χ2n) is 7.33. The molecule has 0 saturated carbocycles. The topological polar surface area (TPSA) is 88.5 Å². The van der Waals surface area contributed by atoms with Crippen molar-refractivity contribution in [1.29, 1.82) is 0 Å². The highest BCUT2D eigenvalue weighted by atomic mass is 35.5. The lowest BCUT2D eigenvalue weighted by Gasteiger charge is -2.31. The van der Waals surface area contributed by atoms with Crippen LogP contribution < -0.4 is 10.6 Å². The number of nitrogens with one attached hydrogen (secondary N) is 2. The van der Waals surface area contributed by atoms with E-state index in [0.717, 1.165) is 17.7 Å². The largest absolute Gasteiger partial charge is 0.385 e. The molecular formula is C21H28ClN5O3. The van der Waals surface area contributed by atoms with E-state index in [-0.39, 0.29) is 17.9 Å². The molecule has 1 aromatic heterocycles. The Kier molecular flexibility index (Phi) is 8.10. The van der Waals surface area contributed by atoms with Crippen molar-refractivity contribution in [2.75, 3.05) is 33.4 Å². The Morgan fingerprint density at radius 3 is 2.63 bits per heavy atom. The minimum atomic E-state index is -0.117. The lowest BCUT2D eigenvalue weighted by Crippen LogP contribution is -2.46. The van der Waals surface area contributed by atoms with Gasteiger partial charge < -0.3 is 20.3 Å². The van der Waals surface area contributed by atoms with Crippen LogP contribution in [0.2, 0.25) is 5.02 Å². The highest BCUT2D eigenvalue weighted by molar-refractivity contribution is 6.30. The van der Waals surface area contributed by atoms with Crippen molar-refractivity contribution in [2.45, 2.75) is 25.8 Å². The van der Waals surface area contributed by atoms with Crippen molar-refractivity contribution >= 4 is 23.5 Å². The summed E-state index contributed by atoms with van der Waals surface area (Å²) in [4.78, 5) is 26.4. The molecule has 2 aromatic rings. The third-order valence-corrected chi connectivity index (χ3v) is 5.40. The summed E-state index contributed by atoms with van der Waals surface area (Å²) in [5.74, 6) is 0.0370. The number of hydrogen-bond acceptors (Lipinski definition) is 4. The standard InChI is InChI=1S/C21H28ClN5O3/c1-30-12-2-9-23-20(28)17-7-10-26(11-8-17)21(29)24-13-16-14-25-27(15-16)19-5-3-18(22)4-6-19/h3-6,14-15,17H,2,7-13H2,1H3,(H,23,28)(H,24,29). The number of carbonyl (C=O) groups excluding carboxylic acids is 2. The van der Waals surface area contributed by atoms with Crippen molar-refractivity contribution in [2.24, 2.45) is 5.92 Å². The lowest BCUT2D eigenvalue weighted by atomic mass is 9.96. The Bertz CT molecular complexity index is 831. The molecule has 0 aliphatic carbocycles. The van der Waals surface area contributed by atoms with Crippen LogP contribution in [0, 0.1) is 5.92 Å². The van der Waals surface area contributed by atoms with Gasteiger partial charge in [-0.15, -0.1) is 0 Å². The fourth-order valence-electron chi connectivity index (χ4n) is 3.39. The van der Waals surface area contributed by atoms with Crippen LogP contribution in [0.1, 0.15) is 24.8 Å². The lowest BCUT2D eigenvalue weighted by molar-refractivity contribution is -0.126. The molecule has 162 valence electrons. The summed E-state index contributed by atoms with van der Waals surface area (Å²) in [5, 5.41) is 10.9. The predicted octanol–water partition coefficient (Wildman–Crippen LogP) is 2.60. The van der Waals surface area contributed by atoms with Gasteiger partial charge in [-0.2, -0.15) is 5.10 Å². The van der Waals surface area contributed by atoms with Crippen molar-refractivity contribution in [1.82, 2.24) is 25.3 Å². The Balaban J connectivity index is 1.40. The van der Waals surface area contributed by atoms with Gasteiger partial charge in [0.25, 0.3) is 0 Å². The summed E-state index contributed by atoms with van der Waals surface area (Å²) in [6.45, 7) is 2.80. The maximum atomic E-state index is 12.5. The third kappa shape index (κ3) is 6.21. The number of likely N-dealkylation sites (tertiary alicyclic amines) is 1. The average molecular weight is 434 g/mol. The summed E-state index contributed by atoms with van der Waals surface area (Å²) in [7, 11) is 1.65. The summed E-state index contributed by atoms with van der Waals surface area (Å²) in [5.41, 5.74) is 1.81. The Morgan fingerprint density at radius 2 is 1.93 bits per heavy atom. The van der Waals surface area contributed by atoms with Gasteiger partial charge in [0.2, 0.25) is 5.91 Å². The third-order valence-electron chi connectivity index (χ3n) is 5.15. The molecular weight excluding hydrogens is 406 g/mol. The fraction of sp³-hybridized carbons (Fsp3) is 0.476. The average Bonchev–Trinajstić information content (AvgIpc) is 3.24. The molecule has 0 bridgehead atoms. The smallest absolute Gasteiger partial charge is 0.317 e. The van der Waals surface area contributed by atoms with Crippen LogP contribution in [0.5, 0.6) is 0 Å². The van der Waals surface area contributed by atoms with E-state index in [2.05, 4.69) is 15.7 Å². The minimum Gasteiger partial charge on any atom is -0.385 e. The molecule has 2 N–H and O–H groups in total. The van der Waals surface area contributed by atoms with E-state index < -0.39 is 0 Å². The number of hydrogen-bond donors (Lipinski definition) is 2. The van der Waals surface area contributed by atoms with Crippen molar-refractivity contribution < 1.29 is 14.3 Å². The number of ether oxygens (including phenoxy) is 1. The zero-order valence-corrected chi connectivity index (χ0v) is 17.9. The number of rotatable bonds is 8. The maximum Gasteiger partial charge on any atom is 0.317 e. The van der Waals surface area contributed by atoms with E-state index in [1.807, 2.05) is 30.5 Å². The van der Waals surface area contributed by atoms with Gasteiger partial charge in [-0.25, -0.2) is 9.48 Å². The summed E-state index contributed by atoms with van der Waals surface area (Å²) in [6.07, 6.45) is 5.77. The first kappa shape index (κ1) is 22.1. The zero-order valence-electron chi connectivity index (χ0n) is 17.1. The Labute approximate surface area is 181 Å². The monoisotopic (exact) mass is 433 g/mol. The number of nitrogens with zero attached hydrogens (tertiary/aromatic N) is 3. The summed E-state index contributed by atoms with van der Waals surface area (Å²) >= 11 is 5.91. The van der Waals surface area contributed by atoms with Crippen LogP contribution in [-0.2, 0) is 16.1 Å². The Morgan fingerprint density at radius 1 is 1.20 bits per heavy atom. The number of halogens is 1.